The van der Waals surface area contributed by atoms with Crippen molar-refractivity contribution < 1.29 is 22.5 Å². The zero-order valence-corrected chi connectivity index (χ0v) is 12.4. The van der Waals surface area contributed by atoms with Crippen LogP contribution in [0.5, 0.6) is 0 Å². The van der Waals surface area contributed by atoms with Crippen LogP contribution in [0, 0.1) is 0 Å². The Morgan fingerprint density at radius 2 is 2.33 bits per heavy atom. The van der Waals surface area contributed by atoms with Crippen molar-refractivity contribution in [3.63, 3.8) is 0 Å². The molecule has 1 aromatic rings. The lowest BCUT2D eigenvalue weighted by Crippen LogP contribution is -2.47. The van der Waals surface area contributed by atoms with Gasteiger partial charge in [0, 0.05) is 19.2 Å². The average Bonchev–Trinajstić information content (AvgIpc) is 3.06. The van der Waals surface area contributed by atoms with E-state index in [2.05, 4.69) is 10.5 Å². The molecule has 2 fully saturated rings. The second-order valence-corrected chi connectivity index (χ2v) is 7.27. The van der Waals surface area contributed by atoms with Crippen LogP contribution in [-0.2, 0) is 14.8 Å². The summed E-state index contributed by atoms with van der Waals surface area (Å²) in [6.07, 6.45) is 3.80. The van der Waals surface area contributed by atoms with E-state index in [1.54, 1.807) is 0 Å². The van der Waals surface area contributed by atoms with Crippen LogP contribution in [0.1, 0.15) is 23.4 Å². The third-order valence-electron chi connectivity index (χ3n) is 3.88. The zero-order valence-electron chi connectivity index (χ0n) is 11.6. The highest BCUT2D eigenvalue weighted by Gasteiger charge is 2.48. The summed E-state index contributed by atoms with van der Waals surface area (Å²) in [6.45, 7) is 0.793. The summed E-state index contributed by atoms with van der Waals surface area (Å²) in [5.41, 5.74) is 0. The van der Waals surface area contributed by atoms with Crippen LogP contribution < -0.4 is 5.32 Å². The first-order chi connectivity index (χ1) is 9.97. The third kappa shape index (κ3) is 2.81. The first kappa shape index (κ1) is 14.5. The van der Waals surface area contributed by atoms with Gasteiger partial charge in [-0.15, -0.1) is 0 Å². The van der Waals surface area contributed by atoms with E-state index in [9.17, 15) is 13.2 Å². The van der Waals surface area contributed by atoms with Gasteiger partial charge in [0.1, 0.15) is 0 Å². The maximum atomic E-state index is 12.0. The Morgan fingerprint density at radius 1 is 1.52 bits per heavy atom. The van der Waals surface area contributed by atoms with Crippen LogP contribution in [0.3, 0.4) is 0 Å². The van der Waals surface area contributed by atoms with Gasteiger partial charge in [0.2, 0.25) is 15.8 Å². The highest BCUT2D eigenvalue weighted by atomic mass is 32.2. The lowest BCUT2D eigenvalue weighted by molar-refractivity contribution is -0.0105. The predicted octanol–water partition coefficient (Wildman–Crippen LogP) is -0.404. The molecule has 2 aliphatic heterocycles. The molecule has 3 heterocycles. The Morgan fingerprint density at radius 3 is 3.00 bits per heavy atom. The molecule has 2 saturated heterocycles. The molecule has 0 bridgehead atoms. The fourth-order valence-corrected chi connectivity index (χ4v) is 4.14. The summed E-state index contributed by atoms with van der Waals surface area (Å²) < 4.78 is 35.7. The molecule has 8 nitrogen and oxygen atoms in total. The van der Waals surface area contributed by atoms with Gasteiger partial charge in [0.25, 0.3) is 5.91 Å². The van der Waals surface area contributed by atoms with Crippen LogP contribution in [-0.4, -0.2) is 61.4 Å². The standard InChI is InChI=1S/C12H17N3O5S/c1-21(17,18)15-7-8(11-9(15)3-2-6-19-11)14-12(16)10-4-5-13-20-10/h4-5,8-9,11H,2-3,6-7H2,1H3,(H,14,16)/t8-,9+,11+/m1/s1. The molecular formula is C12H17N3O5S. The smallest absolute Gasteiger partial charge is 0.290 e. The maximum absolute atomic E-state index is 12.0. The lowest BCUT2D eigenvalue weighted by Gasteiger charge is -2.31. The molecule has 0 radical (unpaired) electrons. The van der Waals surface area contributed by atoms with E-state index in [4.69, 9.17) is 9.26 Å². The fourth-order valence-electron chi connectivity index (χ4n) is 2.99. The number of hydrogen-bond donors (Lipinski definition) is 1. The number of nitrogens with one attached hydrogen (secondary N) is 1. The van der Waals surface area contributed by atoms with Gasteiger partial charge in [-0.3, -0.25) is 4.79 Å². The molecule has 0 spiro atoms. The Balaban J connectivity index is 1.77. The average molecular weight is 315 g/mol. The van der Waals surface area contributed by atoms with Crippen LogP contribution in [0.25, 0.3) is 0 Å². The number of aromatic nitrogens is 1. The number of carbonyl (C=O) groups is 1. The predicted molar refractivity (Wildman–Crippen MR) is 72.1 cm³/mol. The molecule has 0 saturated carbocycles. The molecule has 3 rings (SSSR count). The molecule has 1 aromatic heterocycles. The van der Waals surface area contributed by atoms with E-state index in [-0.39, 0.29) is 30.5 Å². The molecule has 1 amide bonds. The quantitative estimate of drug-likeness (QED) is 0.814. The van der Waals surface area contributed by atoms with Gasteiger partial charge in [-0.25, -0.2) is 8.42 Å². The summed E-state index contributed by atoms with van der Waals surface area (Å²) in [7, 11) is -3.33. The monoisotopic (exact) mass is 315 g/mol. The van der Waals surface area contributed by atoms with Gasteiger partial charge in [-0.1, -0.05) is 5.16 Å². The van der Waals surface area contributed by atoms with Crippen molar-refractivity contribution in [2.75, 3.05) is 19.4 Å². The van der Waals surface area contributed by atoms with Gasteiger partial charge in [0.05, 0.1) is 30.6 Å². The minimum absolute atomic E-state index is 0.0974. The zero-order chi connectivity index (χ0) is 15.0. The normalized spacial score (nSPS) is 30.0. The van der Waals surface area contributed by atoms with Crippen molar-refractivity contribution in [1.29, 1.82) is 0 Å². The second kappa shape index (κ2) is 5.39. The first-order valence-corrected chi connectivity index (χ1v) is 8.61. The van der Waals surface area contributed by atoms with E-state index in [1.165, 1.54) is 22.8 Å². The van der Waals surface area contributed by atoms with Crippen LogP contribution in [0.2, 0.25) is 0 Å². The van der Waals surface area contributed by atoms with Gasteiger partial charge < -0.3 is 14.6 Å². The highest BCUT2D eigenvalue weighted by Crippen LogP contribution is 2.30. The Kier molecular flexibility index (Phi) is 3.72. The van der Waals surface area contributed by atoms with Gasteiger partial charge >= 0.3 is 0 Å². The number of carbonyl (C=O) groups excluding carboxylic acids is 1. The molecule has 21 heavy (non-hydrogen) atoms. The topological polar surface area (TPSA) is 102 Å². The summed E-state index contributed by atoms with van der Waals surface area (Å²) >= 11 is 0. The van der Waals surface area contributed by atoms with E-state index in [1.807, 2.05) is 0 Å². The molecule has 0 unspecified atom stereocenters. The van der Waals surface area contributed by atoms with Crippen molar-refractivity contribution in [2.45, 2.75) is 31.0 Å². The molecule has 9 heteroatoms. The Hall–Kier alpha value is -1.45. The number of sulfonamides is 1. The maximum Gasteiger partial charge on any atom is 0.290 e. The van der Waals surface area contributed by atoms with Gasteiger partial charge in [0.15, 0.2) is 0 Å². The highest BCUT2D eigenvalue weighted by molar-refractivity contribution is 7.88. The summed E-state index contributed by atoms with van der Waals surface area (Å²) in [4.78, 5) is 12.0. The molecule has 2 aliphatic rings. The number of hydrogen-bond acceptors (Lipinski definition) is 6. The summed E-state index contributed by atoms with van der Waals surface area (Å²) in [6, 6.07) is 0.856. The number of rotatable bonds is 3. The summed E-state index contributed by atoms with van der Waals surface area (Å²) in [5.74, 6) is -0.319. The minimum Gasteiger partial charge on any atom is -0.374 e. The van der Waals surface area contributed by atoms with Crippen molar-refractivity contribution in [1.82, 2.24) is 14.8 Å². The van der Waals surface area contributed by atoms with Gasteiger partial charge in [-0.05, 0) is 12.8 Å². The summed E-state index contributed by atoms with van der Waals surface area (Å²) in [5, 5.41) is 6.26. The Bertz CT molecular complexity index is 615. The van der Waals surface area contributed by atoms with Crippen molar-refractivity contribution in [3.05, 3.63) is 18.0 Å². The lowest BCUT2D eigenvalue weighted by atomic mass is 10.0. The van der Waals surface area contributed by atoms with Crippen LogP contribution in [0.15, 0.2) is 16.8 Å². The molecule has 3 atom stereocenters. The van der Waals surface area contributed by atoms with Crippen molar-refractivity contribution >= 4 is 15.9 Å². The van der Waals surface area contributed by atoms with E-state index in [0.717, 1.165) is 12.8 Å². The number of amides is 1. The number of nitrogens with zero attached hydrogens (tertiary/aromatic N) is 2. The minimum atomic E-state index is -3.33. The molecule has 0 aliphatic carbocycles. The molecule has 116 valence electrons. The third-order valence-corrected chi connectivity index (χ3v) is 5.15. The largest absolute Gasteiger partial charge is 0.374 e. The first-order valence-electron chi connectivity index (χ1n) is 6.77. The number of ether oxygens (including phenoxy) is 1. The van der Waals surface area contributed by atoms with Crippen LogP contribution in [0.4, 0.5) is 0 Å². The van der Waals surface area contributed by atoms with Crippen LogP contribution >= 0.6 is 0 Å². The molecule has 1 N–H and O–H groups in total. The fraction of sp³-hybridized carbons (Fsp3) is 0.667. The van der Waals surface area contributed by atoms with E-state index < -0.39 is 15.9 Å². The molecular weight excluding hydrogens is 298 g/mol. The van der Waals surface area contributed by atoms with Crippen molar-refractivity contribution in [3.8, 4) is 0 Å². The van der Waals surface area contributed by atoms with Gasteiger partial charge in [-0.2, -0.15) is 4.31 Å². The SMILES string of the molecule is CS(=O)(=O)N1C[C@@H](NC(=O)c2ccno2)[C@@H]2OCCC[C@@H]21. The van der Waals surface area contributed by atoms with Crippen molar-refractivity contribution in [2.24, 2.45) is 0 Å². The van der Waals surface area contributed by atoms with E-state index >= 15 is 0 Å². The van der Waals surface area contributed by atoms with E-state index in [0.29, 0.717) is 6.61 Å². The molecule has 0 aromatic carbocycles. The Labute approximate surface area is 122 Å². The second-order valence-electron chi connectivity index (χ2n) is 5.33. The number of fused-ring (bicyclic) bond motifs is 1.